The number of aromatic nitrogens is 2. The van der Waals surface area contributed by atoms with Crippen molar-refractivity contribution in [3.05, 3.63) is 71.8 Å². The number of hydrogen-bond acceptors (Lipinski definition) is 7. The average molecular weight is 522 g/mol. The van der Waals surface area contributed by atoms with E-state index in [2.05, 4.69) is 29.1 Å². The summed E-state index contributed by atoms with van der Waals surface area (Å²) in [4.78, 5) is 40.0. The van der Waals surface area contributed by atoms with Crippen molar-refractivity contribution in [2.24, 2.45) is 7.05 Å². The predicted molar refractivity (Wildman–Crippen MR) is 146 cm³/mol. The Kier molecular flexibility index (Phi) is 11.0. The molecule has 0 atom stereocenters. The van der Waals surface area contributed by atoms with Crippen molar-refractivity contribution in [3.63, 3.8) is 0 Å². The van der Waals surface area contributed by atoms with Gasteiger partial charge in [0.05, 0.1) is 11.7 Å². The molecule has 9 heteroatoms. The summed E-state index contributed by atoms with van der Waals surface area (Å²) in [5.74, 6) is 1.31. The van der Waals surface area contributed by atoms with Crippen molar-refractivity contribution < 1.29 is 23.6 Å². The molecule has 5 rings (SSSR count). The van der Waals surface area contributed by atoms with E-state index in [1.54, 1.807) is 12.1 Å². The molecule has 37 heavy (non-hydrogen) atoms. The summed E-state index contributed by atoms with van der Waals surface area (Å²) >= 11 is 4.55. The normalized spacial score (nSPS) is 11.7. The highest BCUT2D eigenvalue weighted by Crippen LogP contribution is 2.30. The zero-order chi connectivity index (χ0) is 27.5. The Hall–Kier alpha value is -3.98. The number of Topliss-reactive ketones (excluding diaryl/α,β-unsaturated/α-hetero) is 1. The summed E-state index contributed by atoms with van der Waals surface area (Å²) in [6, 6.07) is 15.7. The molecule has 2 heterocycles. The molecule has 194 valence electrons. The van der Waals surface area contributed by atoms with E-state index in [9.17, 15) is 9.59 Å². The minimum atomic E-state index is -0.00969. The molecular formula is C28H31N3O5S. The number of hydrogen-bond donors (Lipinski definition) is 2. The van der Waals surface area contributed by atoms with Crippen LogP contribution in [0.5, 0.6) is 0 Å². The number of furan rings is 1. The van der Waals surface area contributed by atoms with Crippen LogP contribution in [0.4, 0.5) is 0 Å². The van der Waals surface area contributed by atoms with E-state index in [1.807, 2.05) is 75.7 Å². The van der Waals surface area contributed by atoms with Crippen molar-refractivity contribution in [1.29, 1.82) is 0 Å². The van der Waals surface area contributed by atoms with Crippen LogP contribution in [0.25, 0.3) is 22.0 Å². The second kappa shape index (κ2) is 13.9. The third-order valence-electron chi connectivity index (χ3n) is 5.56. The van der Waals surface area contributed by atoms with E-state index in [1.165, 1.54) is 0 Å². The Bertz CT molecular complexity index is 1360. The minimum absolute atomic E-state index is 0.00969. The summed E-state index contributed by atoms with van der Waals surface area (Å²) in [5, 5.41) is 8.37. The Morgan fingerprint density at radius 2 is 1.78 bits per heavy atom. The first-order valence-electron chi connectivity index (χ1n) is 11.6. The lowest BCUT2D eigenvalue weighted by Gasteiger charge is -2.09. The van der Waals surface area contributed by atoms with Gasteiger partial charge in [0, 0.05) is 35.4 Å². The zero-order valence-corrected chi connectivity index (χ0v) is 22.1. The summed E-state index contributed by atoms with van der Waals surface area (Å²) in [5.41, 5.74) is 3.76. The van der Waals surface area contributed by atoms with Gasteiger partial charge >= 0.3 is 0 Å². The van der Waals surface area contributed by atoms with Crippen molar-refractivity contribution in [2.75, 3.05) is 0 Å². The minimum Gasteiger partial charge on any atom is -0.458 e. The monoisotopic (exact) mass is 521 g/mol. The van der Waals surface area contributed by atoms with Crippen molar-refractivity contribution >= 4 is 48.8 Å². The lowest BCUT2D eigenvalue weighted by Crippen LogP contribution is -2.25. The molecule has 2 aromatic heterocycles. The average Bonchev–Trinajstić information content (AvgIpc) is 3.52. The van der Waals surface area contributed by atoms with Gasteiger partial charge in [-0.3, -0.25) is 14.3 Å². The van der Waals surface area contributed by atoms with E-state index < -0.39 is 0 Å². The van der Waals surface area contributed by atoms with Crippen molar-refractivity contribution in [1.82, 2.24) is 15.1 Å². The first-order valence-corrected chi connectivity index (χ1v) is 12.0. The molecule has 0 spiro atoms. The fraction of sp³-hybridized carbons (Fsp3) is 0.250. The third kappa shape index (κ3) is 7.75. The van der Waals surface area contributed by atoms with Gasteiger partial charge in [0.15, 0.2) is 11.5 Å². The molecule has 1 N–H and O–H groups in total. The lowest BCUT2D eigenvalue weighted by molar-refractivity contribution is -0.0987. The number of carbonyl (C=O) groups is 4. The maximum absolute atomic E-state index is 12.3. The SMILES string of the molecule is C=O.C=O.CCC(=O)c1ccc(C)o1.Cn1ncc2cc(-c3cc(C(=O)NC4CC4)ccc3S)ccc21. The van der Waals surface area contributed by atoms with Crippen LogP contribution in [0.2, 0.25) is 0 Å². The Balaban J connectivity index is 0.000000289. The van der Waals surface area contributed by atoms with Gasteiger partial charge in [0.1, 0.15) is 19.3 Å². The molecule has 1 fully saturated rings. The number of thiol groups is 1. The molecule has 4 aromatic rings. The van der Waals surface area contributed by atoms with Gasteiger partial charge in [-0.25, -0.2) is 0 Å². The molecule has 1 saturated carbocycles. The summed E-state index contributed by atoms with van der Waals surface area (Å²) in [6.07, 6.45) is 4.52. The summed E-state index contributed by atoms with van der Waals surface area (Å²) < 4.78 is 6.93. The van der Waals surface area contributed by atoms with E-state index in [-0.39, 0.29) is 11.7 Å². The van der Waals surface area contributed by atoms with Crippen LogP contribution in [-0.4, -0.2) is 41.1 Å². The number of nitrogens with zero attached hydrogens (tertiary/aromatic N) is 2. The summed E-state index contributed by atoms with van der Waals surface area (Å²) in [7, 11) is 1.93. The second-order valence-electron chi connectivity index (χ2n) is 8.21. The molecule has 8 nitrogen and oxygen atoms in total. The fourth-order valence-electron chi connectivity index (χ4n) is 3.49. The van der Waals surface area contributed by atoms with Gasteiger partial charge in [0.2, 0.25) is 0 Å². The van der Waals surface area contributed by atoms with Gasteiger partial charge in [-0.2, -0.15) is 5.10 Å². The molecule has 1 aliphatic rings. The van der Waals surface area contributed by atoms with E-state index in [4.69, 9.17) is 14.0 Å². The van der Waals surface area contributed by atoms with Crippen molar-refractivity contribution in [3.8, 4) is 11.1 Å². The number of rotatable bonds is 5. The Labute approximate surface area is 221 Å². The van der Waals surface area contributed by atoms with Crippen LogP contribution in [0, 0.1) is 6.92 Å². The lowest BCUT2D eigenvalue weighted by atomic mass is 10.0. The van der Waals surface area contributed by atoms with Gasteiger partial charge in [0.25, 0.3) is 5.91 Å². The number of nitrogens with one attached hydrogen (secondary N) is 1. The number of fused-ring (bicyclic) bond motifs is 1. The number of amides is 1. The number of aryl methyl sites for hydroxylation is 2. The quantitative estimate of drug-likeness (QED) is 0.275. The molecule has 0 bridgehead atoms. The van der Waals surface area contributed by atoms with Crippen LogP contribution in [0.1, 0.15) is 52.9 Å². The Morgan fingerprint density at radius 3 is 2.38 bits per heavy atom. The topological polar surface area (TPSA) is 111 Å². The standard InChI is InChI=1S/C18H17N3OS.C8H10O2.2CH2O/c1-21-16-6-2-11(8-13(16)10-19-21)15-9-12(3-7-17(15)23)18(22)20-14-4-5-14;1-3-7(9)8-5-4-6(2)10-8;2*1-2/h2-3,6-10,14,23H,4-5H2,1H3,(H,20,22);4-5H,3H2,1-2H3;2*1H2. The summed E-state index contributed by atoms with van der Waals surface area (Å²) in [6.45, 7) is 7.65. The highest BCUT2D eigenvalue weighted by atomic mass is 32.1. The van der Waals surface area contributed by atoms with Crippen LogP contribution < -0.4 is 5.32 Å². The highest BCUT2D eigenvalue weighted by molar-refractivity contribution is 7.80. The second-order valence-corrected chi connectivity index (χ2v) is 8.69. The smallest absolute Gasteiger partial charge is 0.251 e. The molecule has 0 saturated heterocycles. The van der Waals surface area contributed by atoms with Crippen LogP contribution >= 0.6 is 12.6 Å². The van der Waals surface area contributed by atoms with E-state index in [0.717, 1.165) is 45.5 Å². The third-order valence-corrected chi connectivity index (χ3v) is 5.95. The predicted octanol–water partition coefficient (Wildman–Crippen LogP) is 5.23. The van der Waals surface area contributed by atoms with Crippen molar-refractivity contribution in [2.45, 2.75) is 44.0 Å². The van der Waals surface area contributed by atoms with E-state index in [0.29, 0.717) is 23.8 Å². The molecule has 0 aliphatic heterocycles. The van der Waals surface area contributed by atoms with Gasteiger partial charge in [-0.05, 0) is 73.4 Å². The maximum atomic E-state index is 12.3. The number of benzene rings is 2. The van der Waals surface area contributed by atoms with Gasteiger partial charge in [-0.1, -0.05) is 13.0 Å². The molecule has 1 aliphatic carbocycles. The van der Waals surface area contributed by atoms with E-state index >= 15 is 0 Å². The van der Waals surface area contributed by atoms with Gasteiger partial charge in [-0.15, -0.1) is 12.6 Å². The number of ketones is 1. The molecule has 2 aromatic carbocycles. The zero-order valence-electron chi connectivity index (χ0n) is 21.2. The largest absolute Gasteiger partial charge is 0.458 e. The highest BCUT2D eigenvalue weighted by Gasteiger charge is 2.24. The first-order chi connectivity index (χ1) is 17.9. The van der Waals surface area contributed by atoms with Crippen LogP contribution in [0.3, 0.4) is 0 Å². The molecule has 1 amide bonds. The number of carbonyl (C=O) groups excluding carboxylic acids is 4. The molecule has 0 radical (unpaired) electrons. The van der Waals surface area contributed by atoms with Gasteiger partial charge < -0.3 is 19.3 Å². The van der Waals surface area contributed by atoms with Crippen LogP contribution in [0.15, 0.2) is 64.0 Å². The Morgan fingerprint density at radius 1 is 1.08 bits per heavy atom. The molecular weight excluding hydrogens is 490 g/mol. The fourth-order valence-corrected chi connectivity index (χ4v) is 3.76. The molecule has 0 unspecified atom stereocenters. The van der Waals surface area contributed by atoms with Crippen LogP contribution in [-0.2, 0) is 16.6 Å². The maximum Gasteiger partial charge on any atom is 0.251 e. The first kappa shape index (κ1) is 29.3.